The van der Waals surface area contributed by atoms with Gasteiger partial charge < -0.3 is 10.3 Å². The first-order valence-corrected chi connectivity index (χ1v) is 7.25. The summed E-state index contributed by atoms with van der Waals surface area (Å²) in [5, 5.41) is 9.53. The summed E-state index contributed by atoms with van der Waals surface area (Å²) in [5.41, 5.74) is 10.6. The molecule has 0 aromatic carbocycles. The molecule has 0 bridgehead atoms. The largest absolute Gasteiger partial charge is 0.383 e. The van der Waals surface area contributed by atoms with Crippen LogP contribution in [0.15, 0.2) is 6.20 Å². The minimum atomic E-state index is 0.332. The molecule has 0 radical (unpaired) electrons. The number of imidazole rings is 1. The number of fused-ring (bicyclic) bond motifs is 1. The van der Waals surface area contributed by atoms with E-state index in [0.29, 0.717) is 17.3 Å². The maximum Gasteiger partial charge on any atom is 0.142 e. The third kappa shape index (κ3) is 1.99. The lowest BCUT2D eigenvalue weighted by atomic mass is 9.83. The summed E-state index contributed by atoms with van der Waals surface area (Å²) in [6.07, 6.45) is 5.01. The van der Waals surface area contributed by atoms with Crippen LogP contribution in [-0.2, 0) is 13.5 Å². The number of nitrogens with two attached hydrogens (primary N) is 1. The molecule has 2 aromatic heterocycles. The van der Waals surface area contributed by atoms with Crippen molar-refractivity contribution in [1.82, 2.24) is 14.5 Å². The van der Waals surface area contributed by atoms with Gasteiger partial charge >= 0.3 is 0 Å². The molecule has 1 aliphatic rings. The zero-order chi connectivity index (χ0) is 15.1. The van der Waals surface area contributed by atoms with Crippen molar-refractivity contribution in [2.24, 2.45) is 7.05 Å². The van der Waals surface area contributed by atoms with Crippen molar-refractivity contribution in [1.29, 1.82) is 5.26 Å². The highest BCUT2D eigenvalue weighted by molar-refractivity contribution is 5.77. The van der Waals surface area contributed by atoms with E-state index in [0.717, 1.165) is 42.0 Å². The molecule has 21 heavy (non-hydrogen) atoms. The SMILES string of the molecule is Cc1ncc(-c2c(C#N)c(N)nc3c2CCCC3C)n1C. The predicted molar refractivity (Wildman–Crippen MR) is 81.7 cm³/mol. The van der Waals surface area contributed by atoms with Gasteiger partial charge in [0.1, 0.15) is 23.3 Å². The summed E-state index contributed by atoms with van der Waals surface area (Å²) in [6.45, 7) is 4.13. The van der Waals surface area contributed by atoms with Crippen molar-refractivity contribution >= 4 is 5.82 Å². The van der Waals surface area contributed by atoms with Crippen LogP contribution in [0.1, 0.15) is 48.3 Å². The van der Waals surface area contributed by atoms with E-state index >= 15 is 0 Å². The van der Waals surface area contributed by atoms with E-state index in [1.807, 2.05) is 24.7 Å². The molecule has 108 valence electrons. The van der Waals surface area contributed by atoms with Crippen LogP contribution < -0.4 is 5.73 Å². The molecule has 1 unspecified atom stereocenters. The topological polar surface area (TPSA) is 80.5 Å². The molecule has 0 saturated heterocycles. The summed E-state index contributed by atoms with van der Waals surface area (Å²) in [6, 6.07) is 2.24. The fourth-order valence-electron chi connectivity index (χ4n) is 3.17. The van der Waals surface area contributed by atoms with Gasteiger partial charge in [0.05, 0.1) is 11.9 Å². The van der Waals surface area contributed by atoms with Crippen molar-refractivity contribution in [3.8, 4) is 17.3 Å². The van der Waals surface area contributed by atoms with E-state index in [4.69, 9.17) is 5.73 Å². The highest BCUT2D eigenvalue weighted by Crippen LogP contribution is 2.39. The second-order valence-corrected chi connectivity index (χ2v) is 5.77. The average Bonchev–Trinajstić information content (AvgIpc) is 2.79. The van der Waals surface area contributed by atoms with Gasteiger partial charge in [-0.3, -0.25) is 0 Å². The van der Waals surface area contributed by atoms with E-state index in [-0.39, 0.29) is 0 Å². The Balaban J connectivity index is 2.37. The first-order valence-electron chi connectivity index (χ1n) is 7.25. The number of nitrogen functional groups attached to an aromatic ring is 1. The van der Waals surface area contributed by atoms with E-state index in [2.05, 4.69) is 23.0 Å². The number of pyridine rings is 1. The van der Waals surface area contributed by atoms with Gasteiger partial charge in [0.15, 0.2) is 0 Å². The molecule has 2 aromatic rings. The van der Waals surface area contributed by atoms with E-state index < -0.39 is 0 Å². The highest BCUT2D eigenvalue weighted by atomic mass is 15.1. The maximum atomic E-state index is 9.53. The van der Waals surface area contributed by atoms with Gasteiger partial charge in [0.2, 0.25) is 0 Å². The number of nitrogens with zero attached hydrogens (tertiary/aromatic N) is 4. The van der Waals surface area contributed by atoms with Crippen LogP contribution in [0.2, 0.25) is 0 Å². The number of hydrogen-bond donors (Lipinski definition) is 1. The lowest BCUT2D eigenvalue weighted by Crippen LogP contribution is -2.15. The van der Waals surface area contributed by atoms with Crippen LogP contribution in [0.5, 0.6) is 0 Å². The Bertz CT molecular complexity index is 751. The van der Waals surface area contributed by atoms with Crippen LogP contribution in [-0.4, -0.2) is 14.5 Å². The second-order valence-electron chi connectivity index (χ2n) is 5.77. The third-order valence-electron chi connectivity index (χ3n) is 4.48. The molecule has 3 rings (SSSR count). The standard InChI is InChI=1S/C16H19N5/c1-9-5-4-6-11-14(13-8-19-10(2)21(13)3)12(7-17)16(18)20-15(9)11/h8-9H,4-6H2,1-3H3,(H2,18,20). The van der Waals surface area contributed by atoms with Gasteiger partial charge in [-0.1, -0.05) is 6.92 Å². The highest BCUT2D eigenvalue weighted by Gasteiger charge is 2.27. The summed E-state index contributed by atoms with van der Waals surface area (Å²) < 4.78 is 2.01. The Kier molecular flexibility index (Phi) is 3.17. The number of aryl methyl sites for hydroxylation is 1. The summed E-state index contributed by atoms with van der Waals surface area (Å²) >= 11 is 0. The first-order chi connectivity index (χ1) is 10.0. The lowest BCUT2D eigenvalue weighted by molar-refractivity contribution is 0.574. The normalized spacial score (nSPS) is 17.3. The van der Waals surface area contributed by atoms with E-state index in [9.17, 15) is 5.26 Å². The van der Waals surface area contributed by atoms with Crippen molar-refractivity contribution in [3.63, 3.8) is 0 Å². The Labute approximate surface area is 124 Å². The second kappa shape index (κ2) is 4.88. The van der Waals surface area contributed by atoms with Gasteiger partial charge in [-0.25, -0.2) is 9.97 Å². The Morgan fingerprint density at radius 1 is 1.48 bits per heavy atom. The number of rotatable bonds is 1. The molecule has 1 atom stereocenters. The van der Waals surface area contributed by atoms with Crippen molar-refractivity contribution in [3.05, 3.63) is 28.8 Å². The monoisotopic (exact) mass is 281 g/mol. The van der Waals surface area contributed by atoms with Crippen molar-refractivity contribution < 1.29 is 0 Å². The third-order valence-corrected chi connectivity index (χ3v) is 4.48. The first kappa shape index (κ1) is 13.6. The fraction of sp³-hybridized carbons (Fsp3) is 0.438. The Morgan fingerprint density at radius 3 is 2.86 bits per heavy atom. The molecule has 0 aliphatic heterocycles. The molecule has 5 heteroatoms. The molecule has 0 amide bonds. The smallest absolute Gasteiger partial charge is 0.142 e. The van der Waals surface area contributed by atoms with Gasteiger partial charge in [0, 0.05) is 18.3 Å². The van der Waals surface area contributed by atoms with Crippen LogP contribution in [0.3, 0.4) is 0 Å². The van der Waals surface area contributed by atoms with Crippen molar-refractivity contribution in [2.75, 3.05) is 5.73 Å². The summed E-state index contributed by atoms with van der Waals surface area (Å²) in [7, 11) is 1.97. The van der Waals surface area contributed by atoms with Gasteiger partial charge in [-0.05, 0) is 37.7 Å². The van der Waals surface area contributed by atoms with E-state index in [1.54, 1.807) is 0 Å². The van der Waals surface area contributed by atoms with Crippen LogP contribution in [0, 0.1) is 18.3 Å². The molecule has 0 spiro atoms. The number of hydrogen-bond acceptors (Lipinski definition) is 4. The zero-order valence-electron chi connectivity index (χ0n) is 12.6. The minimum absolute atomic E-state index is 0.332. The maximum absolute atomic E-state index is 9.53. The van der Waals surface area contributed by atoms with Crippen LogP contribution in [0.25, 0.3) is 11.3 Å². The molecule has 0 saturated carbocycles. The molecule has 0 fully saturated rings. The number of aromatic nitrogens is 3. The van der Waals surface area contributed by atoms with Gasteiger partial charge in [-0.15, -0.1) is 0 Å². The minimum Gasteiger partial charge on any atom is -0.383 e. The van der Waals surface area contributed by atoms with Crippen LogP contribution in [0.4, 0.5) is 5.82 Å². The van der Waals surface area contributed by atoms with E-state index in [1.165, 1.54) is 5.56 Å². The number of nitriles is 1. The summed E-state index contributed by atoms with van der Waals surface area (Å²) in [4.78, 5) is 8.87. The Morgan fingerprint density at radius 2 is 2.24 bits per heavy atom. The molecular formula is C16H19N5. The van der Waals surface area contributed by atoms with Gasteiger partial charge in [-0.2, -0.15) is 5.26 Å². The molecule has 5 nitrogen and oxygen atoms in total. The molecule has 2 N–H and O–H groups in total. The molecule has 1 aliphatic carbocycles. The summed E-state index contributed by atoms with van der Waals surface area (Å²) in [5.74, 6) is 1.64. The fourth-order valence-corrected chi connectivity index (χ4v) is 3.17. The molecular weight excluding hydrogens is 262 g/mol. The van der Waals surface area contributed by atoms with Crippen molar-refractivity contribution in [2.45, 2.75) is 39.0 Å². The lowest BCUT2D eigenvalue weighted by Gasteiger charge is -2.25. The van der Waals surface area contributed by atoms with Gasteiger partial charge in [0.25, 0.3) is 0 Å². The Hall–Kier alpha value is -2.35. The molecule has 2 heterocycles. The predicted octanol–water partition coefficient (Wildman–Crippen LogP) is 2.68. The zero-order valence-corrected chi connectivity index (χ0v) is 12.6. The quantitative estimate of drug-likeness (QED) is 0.871. The van der Waals surface area contributed by atoms with Crippen LogP contribution >= 0.6 is 0 Å². The average molecular weight is 281 g/mol. The number of anilines is 1.